The fourth-order valence-corrected chi connectivity index (χ4v) is 4.44. The predicted molar refractivity (Wildman–Crippen MR) is 110 cm³/mol. The summed E-state index contributed by atoms with van der Waals surface area (Å²) in [5, 5.41) is 14.1. The highest BCUT2D eigenvalue weighted by molar-refractivity contribution is 5.86. The first-order valence-electron chi connectivity index (χ1n) is 10.1. The molecule has 0 spiro atoms. The Bertz CT molecular complexity index is 987. The summed E-state index contributed by atoms with van der Waals surface area (Å²) >= 11 is 0. The normalized spacial score (nSPS) is 22.5. The maximum Gasteiger partial charge on any atom is 0.119 e. The van der Waals surface area contributed by atoms with Crippen molar-refractivity contribution < 1.29 is 5.11 Å². The smallest absolute Gasteiger partial charge is 0.119 e. The standard InChI is InChI=1S/C22H25N5O/c1-15-5-2-6-18(24-15)22-21(19-7-3-11-27(19)25-22)16-8-9-17-20(13-16)26(14-23-17)10-4-12-28/h2,5-6,8-9,13-14,17,20,28H,3-4,7,10-12H2,1H3. The van der Waals surface area contributed by atoms with Crippen LogP contribution in [0, 0.1) is 6.92 Å². The minimum absolute atomic E-state index is 0.159. The molecule has 0 aromatic carbocycles. The summed E-state index contributed by atoms with van der Waals surface area (Å²) in [4.78, 5) is 11.6. The van der Waals surface area contributed by atoms with E-state index in [9.17, 15) is 5.11 Å². The van der Waals surface area contributed by atoms with E-state index < -0.39 is 0 Å². The van der Waals surface area contributed by atoms with E-state index in [0.29, 0.717) is 0 Å². The van der Waals surface area contributed by atoms with Crippen molar-refractivity contribution >= 4 is 11.9 Å². The Hall–Kier alpha value is -2.73. The van der Waals surface area contributed by atoms with Gasteiger partial charge in [-0.3, -0.25) is 14.7 Å². The van der Waals surface area contributed by atoms with Crippen molar-refractivity contribution in [3.05, 3.63) is 53.4 Å². The summed E-state index contributed by atoms with van der Waals surface area (Å²) in [7, 11) is 0. The molecule has 3 aliphatic rings. The number of pyridine rings is 1. The first-order chi connectivity index (χ1) is 13.7. The lowest BCUT2D eigenvalue weighted by molar-refractivity contribution is 0.261. The van der Waals surface area contributed by atoms with E-state index in [0.717, 1.165) is 49.4 Å². The number of allylic oxidation sites excluding steroid dienone is 2. The Morgan fingerprint density at radius 1 is 1.29 bits per heavy atom. The van der Waals surface area contributed by atoms with Gasteiger partial charge in [-0.2, -0.15) is 5.10 Å². The molecule has 2 atom stereocenters. The van der Waals surface area contributed by atoms with E-state index in [1.165, 1.54) is 16.8 Å². The topological polar surface area (TPSA) is 66.5 Å². The molecule has 28 heavy (non-hydrogen) atoms. The van der Waals surface area contributed by atoms with Gasteiger partial charge in [0.1, 0.15) is 5.69 Å². The zero-order valence-corrected chi connectivity index (χ0v) is 16.1. The van der Waals surface area contributed by atoms with Gasteiger partial charge in [-0.1, -0.05) is 24.3 Å². The molecule has 1 aliphatic carbocycles. The van der Waals surface area contributed by atoms with Crippen LogP contribution >= 0.6 is 0 Å². The first kappa shape index (κ1) is 17.4. The third-order valence-electron chi connectivity index (χ3n) is 5.78. The molecule has 4 heterocycles. The molecular formula is C22H25N5O. The highest BCUT2D eigenvalue weighted by Crippen LogP contribution is 2.37. The number of aliphatic imine (C=N–C) groups is 1. The number of aliphatic hydroxyl groups excluding tert-OH is 1. The summed E-state index contributed by atoms with van der Waals surface area (Å²) in [5.41, 5.74) is 6.67. The molecule has 2 unspecified atom stereocenters. The van der Waals surface area contributed by atoms with E-state index in [1.807, 2.05) is 19.3 Å². The van der Waals surface area contributed by atoms with E-state index >= 15 is 0 Å². The van der Waals surface area contributed by atoms with Crippen LogP contribution in [0.25, 0.3) is 17.0 Å². The summed E-state index contributed by atoms with van der Waals surface area (Å²) in [6, 6.07) is 6.49. The van der Waals surface area contributed by atoms with Crippen LogP contribution in [0.3, 0.4) is 0 Å². The SMILES string of the molecule is Cc1cccc(-c2nn3c(c2C2=CC4C(C=C2)N=CN4CCCO)CCC3)n1. The van der Waals surface area contributed by atoms with Gasteiger partial charge in [0.25, 0.3) is 0 Å². The Morgan fingerprint density at radius 3 is 3.07 bits per heavy atom. The average Bonchev–Trinajstić information content (AvgIpc) is 3.40. The third kappa shape index (κ3) is 2.88. The molecule has 6 nitrogen and oxygen atoms in total. The molecule has 5 rings (SSSR count). The van der Waals surface area contributed by atoms with Crippen molar-refractivity contribution in [2.45, 2.75) is 44.8 Å². The van der Waals surface area contributed by atoms with Crippen LogP contribution in [0.15, 0.2) is 41.4 Å². The summed E-state index contributed by atoms with van der Waals surface area (Å²) < 4.78 is 2.16. The van der Waals surface area contributed by atoms with Crippen molar-refractivity contribution in [2.24, 2.45) is 4.99 Å². The second-order valence-electron chi connectivity index (χ2n) is 7.70. The predicted octanol–water partition coefficient (Wildman–Crippen LogP) is 2.62. The van der Waals surface area contributed by atoms with Gasteiger partial charge in [0.15, 0.2) is 0 Å². The second kappa shape index (κ2) is 7.02. The zero-order chi connectivity index (χ0) is 19.1. The lowest BCUT2D eigenvalue weighted by Gasteiger charge is -2.27. The Balaban J connectivity index is 1.57. The first-order valence-corrected chi connectivity index (χ1v) is 10.1. The van der Waals surface area contributed by atoms with Gasteiger partial charge in [-0.15, -0.1) is 0 Å². The fourth-order valence-electron chi connectivity index (χ4n) is 4.44. The third-order valence-corrected chi connectivity index (χ3v) is 5.78. The van der Waals surface area contributed by atoms with Gasteiger partial charge in [-0.25, -0.2) is 0 Å². The van der Waals surface area contributed by atoms with Gasteiger partial charge in [0.05, 0.1) is 24.1 Å². The minimum Gasteiger partial charge on any atom is -0.396 e. The van der Waals surface area contributed by atoms with Crippen molar-refractivity contribution in [3.8, 4) is 11.4 Å². The molecule has 2 aromatic heterocycles. The van der Waals surface area contributed by atoms with E-state index in [4.69, 9.17) is 10.1 Å². The highest BCUT2D eigenvalue weighted by Gasteiger charge is 2.32. The molecule has 1 N–H and O–H groups in total. The monoisotopic (exact) mass is 375 g/mol. The van der Waals surface area contributed by atoms with Crippen LogP contribution in [0.5, 0.6) is 0 Å². The number of aromatic nitrogens is 3. The van der Waals surface area contributed by atoms with E-state index in [1.54, 1.807) is 0 Å². The maximum atomic E-state index is 9.20. The largest absolute Gasteiger partial charge is 0.396 e. The summed E-state index contributed by atoms with van der Waals surface area (Å²) in [6.45, 7) is 4.01. The molecule has 0 amide bonds. The van der Waals surface area contributed by atoms with E-state index in [-0.39, 0.29) is 18.7 Å². The number of fused-ring (bicyclic) bond motifs is 2. The molecule has 0 saturated heterocycles. The molecule has 0 saturated carbocycles. The average molecular weight is 375 g/mol. The lowest BCUT2D eigenvalue weighted by Crippen LogP contribution is -2.36. The van der Waals surface area contributed by atoms with Crippen LogP contribution in [0.2, 0.25) is 0 Å². The zero-order valence-electron chi connectivity index (χ0n) is 16.1. The number of aliphatic hydroxyl groups is 1. The summed E-state index contributed by atoms with van der Waals surface area (Å²) in [5.74, 6) is 0. The minimum atomic E-state index is 0.159. The van der Waals surface area contributed by atoms with Gasteiger partial charge in [0.2, 0.25) is 0 Å². The van der Waals surface area contributed by atoms with Gasteiger partial charge < -0.3 is 10.0 Å². The van der Waals surface area contributed by atoms with E-state index in [2.05, 4.69) is 44.9 Å². The van der Waals surface area contributed by atoms with Crippen LogP contribution in [0.4, 0.5) is 0 Å². The Kier molecular flexibility index (Phi) is 4.36. The number of aryl methyl sites for hydroxylation is 2. The number of hydrogen-bond donors (Lipinski definition) is 1. The van der Waals surface area contributed by atoms with Crippen LogP contribution < -0.4 is 0 Å². The van der Waals surface area contributed by atoms with Gasteiger partial charge in [-0.05, 0) is 43.9 Å². The quantitative estimate of drug-likeness (QED) is 0.872. The number of nitrogens with zero attached hydrogens (tertiary/aromatic N) is 5. The molecule has 0 bridgehead atoms. The Morgan fingerprint density at radius 2 is 2.21 bits per heavy atom. The summed E-state index contributed by atoms with van der Waals surface area (Å²) in [6.07, 6.45) is 11.6. The molecule has 0 fully saturated rings. The molecule has 0 radical (unpaired) electrons. The molecular weight excluding hydrogens is 350 g/mol. The maximum absolute atomic E-state index is 9.20. The van der Waals surface area contributed by atoms with Crippen LogP contribution in [-0.2, 0) is 13.0 Å². The molecule has 2 aliphatic heterocycles. The van der Waals surface area contributed by atoms with Crippen molar-refractivity contribution in [1.29, 1.82) is 0 Å². The van der Waals surface area contributed by atoms with Crippen LogP contribution in [-0.4, -0.2) is 56.3 Å². The molecule has 6 heteroatoms. The molecule has 144 valence electrons. The number of hydrogen-bond acceptors (Lipinski definition) is 5. The molecule has 2 aromatic rings. The van der Waals surface area contributed by atoms with Gasteiger partial charge in [0, 0.05) is 36.6 Å². The lowest BCUT2D eigenvalue weighted by atomic mass is 9.91. The Labute approximate surface area is 164 Å². The second-order valence-corrected chi connectivity index (χ2v) is 7.70. The van der Waals surface area contributed by atoms with Crippen molar-refractivity contribution in [1.82, 2.24) is 19.7 Å². The highest BCUT2D eigenvalue weighted by atomic mass is 16.3. The van der Waals surface area contributed by atoms with Crippen molar-refractivity contribution in [3.63, 3.8) is 0 Å². The number of rotatable bonds is 5. The van der Waals surface area contributed by atoms with Gasteiger partial charge >= 0.3 is 0 Å². The fraction of sp³-hybridized carbons (Fsp3) is 0.409. The van der Waals surface area contributed by atoms with Crippen LogP contribution in [0.1, 0.15) is 29.8 Å². The van der Waals surface area contributed by atoms with Crippen molar-refractivity contribution in [2.75, 3.05) is 13.2 Å².